The number of piperidine rings is 3. The minimum Gasteiger partial charge on any atom is -1.00 e. The summed E-state index contributed by atoms with van der Waals surface area (Å²) in [4.78, 5) is 18.5. The van der Waals surface area contributed by atoms with Gasteiger partial charge in [-0.05, 0) is 30.5 Å². The fourth-order valence-electron chi connectivity index (χ4n) is 6.67. The van der Waals surface area contributed by atoms with Gasteiger partial charge in [0.05, 0.1) is 18.5 Å². The minimum atomic E-state index is -0.491. The van der Waals surface area contributed by atoms with E-state index in [4.69, 9.17) is 14.2 Å². The quantitative estimate of drug-likeness (QED) is 0.378. The largest absolute Gasteiger partial charge is 1.00 e. The Kier molecular flexibility index (Phi) is 7.18. The lowest BCUT2D eigenvalue weighted by Gasteiger charge is -2.52. The van der Waals surface area contributed by atoms with Gasteiger partial charge in [0.2, 0.25) is 5.82 Å². The minimum absolute atomic E-state index is 0. The average Bonchev–Trinajstić information content (AvgIpc) is 3.38. The lowest BCUT2D eigenvalue weighted by Crippen LogP contribution is -3.00. The second kappa shape index (κ2) is 10.3. The molecule has 7 rings (SSSR count). The molecule has 2 aromatic carbocycles. The van der Waals surface area contributed by atoms with Crippen LogP contribution in [-0.2, 0) is 21.5 Å². The summed E-state index contributed by atoms with van der Waals surface area (Å²) in [7, 11) is 0. The SMILES string of the molecule is O=C(OC1C[N+]2(Cc3noc(-c4ccccc4)n3)CCC1CC2)C1(c2ccccc2)CCCCC1.[Cl-]. The standard InChI is InChI=1S/C29H34N3O3.ClH/c33-28(29(16-8-3-9-17-29)24-12-6-2-7-13-24)34-25-20-32(18-14-22(25)15-19-32)21-26-30-27(35-31-26)23-10-4-1-5-11-23;/h1-2,4-7,10-13,22,25H,3,8-9,14-21H2;1H/q+1;/p-1. The number of aromatic nitrogens is 2. The molecule has 4 heterocycles. The number of halogens is 1. The predicted octanol–water partition coefficient (Wildman–Crippen LogP) is 2.29. The fraction of sp³-hybridized carbons (Fsp3) is 0.483. The van der Waals surface area contributed by atoms with E-state index in [1.54, 1.807) is 0 Å². The fourth-order valence-corrected chi connectivity index (χ4v) is 6.67. The zero-order valence-corrected chi connectivity index (χ0v) is 21.4. The number of carbonyl (C=O) groups is 1. The zero-order chi connectivity index (χ0) is 23.7. The van der Waals surface area contributed by atoms with E-state index in [0.29, 0.717) is 11.8 Å². The number of nitrogens with zero attached hydrogens (tertiary/aromatic N) is 3. The van der Waals surface area contributed by atoms with E-state index in [0.717, 1.165) is 86.1 Å². The van der Waals surface area contributed by atoms with Crippen LogP contribution >= 0.6 is 0 Å². The molecule has 190 valence electrons. The van der Waals surface area contributed by atoms with Crippen LogP contribution in [0, 0.1) is 5.92 Å². The molecule has 1 atom stereocenters. The molecule has 1 unspecified atom stereocenters. The molecule has 3 aliphatic heterocycles. The lowest BCUT2D eigenvalue weighted by molar-refractivity contribution is -0.958. The molecule has 1 saturated carbocycles. The molecular weight excluding hydrogens is 474 g/mol. The molecule has 1 aromatic heterocycles. The van der Waals surface area contributed by atoms with Crippen LogP contribution in [0.5, 0.6) is 0 Å². The van der Waals surface area contributed by atoms with Gasteiger partial charge in [0.15, 0.2) is 6.10 Å². The van der Waals surface area contributed by atoms with Crippen molar-refractivity contribution in [3.63, 3.8) is 0 Å². The van der Waals surface area contributed by atoms with Gasteiger partial charge < -0.3 is 26.2 Å². The molecular formula is C29H34ClN3O3. The third kappa shape index (κ3) is 4.69. The van der Waals surface area contributed by atoms with Gasteiger partial charge in [0.1, 0.15) is 13.1 Å². The molecule has 7 heteroatoms. The van der Waals surface area contributed by atoms with Crippen molar-refractivity contribution < 1.29 is 30.9 Å². The highest BCUT2D eigenvalue weighted by Crippen LogP contribution is 2.43. The van der Waals surface area contributed by atoms with Gasteiger partial charge in [-0.15, -0.1) is 0 Å². The molecule has 0 spiro atoms. The molecule has 0 N–H and O–H groups in total. The molecule has 1 aliphatic carbocycles. The first-order valence-electron chi connectivity index (χ1n) is 13.2. The van der Waals surface area contributed by atoms with Crippen LogP contribution < -0.4 is 12.4 Å². The molecule has 4 fully saturated rings. The third-order valence-corrected chi connectivity index (χ3v) is 8.69. The molecule has 3 saturated heterocycles. The van der Waals surface area contributed by atoms with E-state index in [1.807, 2.05) is 48.5 Å². The van der Waals surface area contributed by atoms with Crippen molar-refractivity contribution in [1.29, 1.82) is 0 Å². The van der Waals surface area contributed by atoms with Gasteiger partial charge in [-0.2, -0.15) is 4.98 Å². The molecule has 2 bridgehead atoms. The van der Waals surface area contributed by atoms with Crippen LogP contribution in [0.15, 0.2) is 65.2 Å². The van der Waals surface area contributed by atoms with Crippen molar-refractivity contribution in [3.8, 4) is 11.5 Å². The van der Waals surface area contributed by atoms with E-state index in [2.05, 4.69) is 17.3 Å². The number of fused-ring (bicyclic) bond motifs is 3. The van der Waals surface area contributed by atoms with E-state index in [-0.39, 0.29) is 24.5 Å². The topological polar surface area (TPSA) is 65.2 Å². The van der Waals surface area contributed by atoms with Crippen LogP contribution in [0.4, 0.5) is 0 Å². The van der Waals surface area contributed by atoms with Gasteiger partial charge in [-0.25, -0.2) is 0 Å². The van der Waals surface area contributed by atoms with Crippen molar-refractivity contribution in [2.45, 2.75) is 63.0 Å². The summed E-state index contributed by atoms with van der Waals surface area (Å²) in [5.41, 5.74) is 1.57. The number of esters is 1. The Balaban J connectivity index is 0.00000267. The highest BCUT2D eigenvalue weighted by molar-refractivity contribution is 5.83. The van der Waals surface area contributed by atoms with E-state index < -0.39 is 5.41 Å². The van der Waals surface area contributed by atoms with Gasteiger partial charge in [0, 0.05) is 24.3 Å². The van der Waals surface area contributed by atoms with E-state index >= 15 is 0 Å². The summed E-state index contributed by atoms with van der Waals surface area (Å²) in [6.45, 7) is 3.73. The molecule has 4 aliphatic rings. The number of quaternary nitrogens is 1. The van der Waals surface area contributed by atoms with Gasteiger partial charge in [-0.1, -0.05) is 73.0 Å². The average molecular weight is 508 g/mol. The number of ether oxygens (including phenoxy) is 1. The Morgan fingerprint density at radius 1 is 0.972 bits per heavy atom. The van der Waals surface area contributed by atoms with Crippen LogP contribution in [0.25, 0.3) is 11.5 Å². The first kappa shape index (κ1) is 25.0. The molecule has 3 aromatic rings. The van der Waals surface area contributed by atoms with Crippen LogP contribution in [0.2, 0.25) is 0 Å². The Morgan fingerprint density at radius 3 is 2.33 bits per heavy atom. The third-order valence-electron chi connectivity index (χ3n) is 8.69. The number of hydrogen-bond acceptors (Lipinski definition) is 5. The second-order valence-electron chi connectivity index (χ2n) is 10.8. The Bertz CT molecular complexity index is 1150. The number of hydrogen-bond donors (Lipinski definition) is 0. The summed E-state index contributed by atoms with van der Waals surface area (Å²) in [6.07, 6.45) is 7.27. The maximum atomic E-state index is 13.8. The van der Waals surface area contributed by atoms with E-state index in [1.165, 1.54) is 6.42 Å². The Hall–Kier alpha value is -2.70. The molecule has 36 heavy (non-hydrogen) atoms. The number of carbonyl (C=O) groups excluding carboxylic acids is 1. The Morgan fingerprint density at radius 2 is 1.64 bits per heavy atom. The summed E-state index contributed by atoms with van der Waals surface area (Å²) >= 11 is 0. The smallest absolute Gasteiger partial charge is 0.317 e. The maximum absolute atomic E-state index is 13.8. The zero-order valence-electron chi connectivity index (χ0n) is 20.7. The summed E-state index contributed by atoms with van der Waals surface area (Å²) in [5.74, 6) is 1.75. The van der Waals surface area contributed by atoms with Crippen molar-refractivity contribution in [1.82, 2.24) is 10.1 Å². The monoisotopic (exact) mass is 507 g/mol. The van der Waals surface area contributed by atoms with Crippen LogP contribution in [-0.4, -0.2) is 46.3 Å². The Labute approximate surface area is 219 Å². The van der Waals surface area contributed by atoms with Gasteiger partial charge in [0.25, 0.3) is 5.89 Å². The van der Waals surface area contributed by atoms with Gasteiger partial charge in [-0.3, -0.25) is 4.79 Å². The van der Waals surface area contributed by atoms with Crippen LogP contribution in [0.3, 0.4) is 0 Å². The summed E-state index contributed by atoms with van der Waals surface area (Å²) in [6, 6.07) is 20.2. The van der Waals surface area contributed by atoms with Crippen molar-refractivity contribution in [3.05, 3.63) is 72.1 Å². The summed E-state index contributed by atoms with van der Waals surface area (Å²) < 4.78 is 12.9. The summed E-state index contributed by atoms with van der Waals surface area (Å²) in [5, 5.41) is 4.30. The van der Waals surface area contributed by atoms with Crippen molar-refractivity contribution >= 4 is 5.97 Å². The maximum Gasteiger partial charge on any atom is 0.317 e. The highest BCUT2D eigenvalue weighted by atomic mass is 35.5. The first-order valence-corrected chi connectivity index (χ1v) is 13.2. The number of rotatable bonds is 6. The highest BCUT2D eigenvalue weighted by Gasteiger charge is 2.51. The van der Waals surface area contributed by atoms with Crippen LogP contribution in [0.1, 0.15) is 56.3 Å². The lowest BCUT2D eigenvalue weighted by atomic mass is 9.69. The predicted molar refractivity (Wildman–Crippen MR) is 132 cm³/mol. The van der Waals surface area contributed by atoms with Crippen molar-refractivity contribution in [2.75, 3.05) is 19.6 Å². The number of benzene rings is 2. The molecule has 6 nitrogen and oxygen atoms in total. The normalized spacial score (nSPS) is 26.7. The van der Waals surface area contributed by atoms with E-state index in [9.17, 15) is 4.79 Å². The second-order valence-corrected chi connectivity index (χ2v) is 10.8. The first-order chi connectivity index (χ1) is 17.2. The van der Waals surface area contributed by atoms with Gasteiger partial charge >= 0.3 is 5.97 Å². The van der Waals surface area contributed by atoms with Crippen molar-refractivity contribution in [2.24, 2.45) is 5.92 Å². The molecule has 0 radical (unpaired) electrons. The molecule has 0 amide bonds.